The number of halogens is 1. The van der Waals surface area contributed by atoms with Crippen LogP contribution in [0.15, 0.2) is 59.3 Å². The van der Waals surface area contributed by atoms with Gasteiger partial charge in [0.1, 0.15) is 0 Å². The van der Waals surface area contributed by atoms with Gasteiger partial charge in [-0.3, -0.25) is 0 Å². The van der Waals surface area contributed by atoms with Gasteiger partial charge in [-0.05, 0) is 16.7 Å². The molecule has 2 aromatic heterocycles. The molecule has 2 aromatic carbocycles. The summed E-state index contributed by atoms with van der Waals surface area (Å²) in [4.78, 5) is 3.54. The zero-order valence-corrected chi connectivity index (χ0v) is 12.3. The molecule has 0 N–H and O–H groups in total. The van der Waals surface area contributed by atoms with Crippen molar-refractivity contribution in [2.45, 2.75) is 0 Å². The van der Waals surface area contributed by atoms with E-state index in [-0.39, 0.29) is 0 Å². The summed E-state index contributed by atoms with van der Waals surface area (Å²) in [6.45, 7) is -0.416. The van der Waals surface area contributed by atoms with Crippen molar-refractivity contribution in [3.8, 4) is 11.4 Å². The Morgan fingerprint density at radius 3 is 2.18 bits per heavy atom. The van der Waals surface area contributed by atoms with Gasteiger partial charge >= 0.3 is 0 Å². The molecule has 0 spiro atoms. The summed E-state index contributed by atoms with van der Waals surface area (Å²) in [7, 11) is 0. The monoisotopic (exact) mass is 313 g/mol. The predicted octanol–water partition coefficient (Wildman–Crippen LogP) is 5.08. The van der Waals surface area contributed by atoms with Crippen molar-refractivity contribution >= 4 is 33.1 Å². The average Bonchev–Trinajstić information content (AvgIpc) is 3.14. The van der Waals surface area contributed by atoms with Crippen LogP contribution in [-0.2, 0) is 4.94 Å². The van der Waals surface area contributed by atoms with Gasteiger partial charge in [0, 0.05) is 21.5 Å². The first-order chi connectivity index (χ1) is 10.9. The Morgan fingerprint density at radius 1 is 0.909 bits per heavy atom. The van der Waals surface area contributed by atoms with E-state index in [2.05, 4.69) is 33.8 Å². The van der Waals surface area contributed by atoms with Crippen LogP contribution >= 0.6 is 11.3 Å². The normalized spacial score (nSPS) is 11.3. The quantitative estimate of drug-likeness (QED) is 0.490. The summed E-state index contributed by atoms with van der Waals surface area (Å²) in [5.74, 6) is 0.606. The fourth-order valence-electron chi connectivity index (χ4n) is 2.82. The maximum Gasteiger partial charge on any atom is 0.226 e. The molecule has 3 nitrogen and oxygen atoms in total. The van der Waals surface area contributed by atoms with Crippen molar-refractivity contribution in [1.29, 1.82) is 0 Å². The topological polar surface area (TPSA) is 23.4 Å². The molecular weight excluding hydrogens is 301 g/mol. The van der Waals surface area contributed by atoms with Crippen LogP contribution in [0.25, 0.3) is 27.5 Å². The predicted molar refractivity (Wildman–Crippen MR) is 86.3 cm³/mol. The molecule has 2 heterocycles. The lowest BCUT2D eigenvalue weighted by molar-refractivity contribution is -0.183. The van der Waals surface area contributed by atoms with Crippen LogP contribution in [0.2, 0.25) is 0 Å². The second kappa shape index (κ2) is 5.44. The summed E-state index contributed by atoms with van der Waals surface area (Å²) in [6, 6.07) is 16.4. The summed E-state index contributed by atoms with van der Waals surface area (Å²) >= 11 is 1.51. The molecule has 4 aromatic rings. The van der Waals surface area contributed by atoms with Crippen LogP contribution in [0, 0.1) is 0 Å². The van der Waals surface area contributed by atoms with E-state index in [1.165, 1.54) is 22.1 Å². The lowest BCUT2D eigenvalue weighted by atomic mass is 10.2. The smallest absolute Gasteiger partial charge is 0.226 e. The van der Waals surface area contributed by atoms with E-state index in [0.717, 1.165) is 16.7 Å². The molecular formula is C17H12FNO2S. The number of thiophene rings is 1. The average molecular weight is 313 g/mol. The third-order valence-electron chi connectivity index (χ3n) is 3.69. The maximum absolute atomic E-state index is 11.9. The molecule has 0 atom stereocenters. The molecule has 0 saturated carbocycles. The Labute approximate surface area is 130 Å². The van der Waals surface area contributed by atoms with Gasteiger partial charge in [0.15, 0.2) is 5.75 Å². The van der Waals surface area contributed by atoms with E-state index in [0.29, 0.717) is 5.75 Å². The van der Waals surface area contributed by atoms with Crippen LogP contribution in [0.1, 0.15) is 0 Å². The third-order valence-corrected chi connectivity index (χ3v) is 4.40. The van der Waals surface area contributed by atoms with Gasteiger partial charge < -0.3 is 9.30 Å². The lowest BCUT2D eigenvalue weighted by Gasteiger charge is -2.09. The Hall–Kier alpha value is -2.37. The molecule has 5 heteroatoms. The van der Waals surface area contributed by atoms with Crippen molar-refractivity contribution in [1.82, 2.24) is 4.57 Å². The van der Waals surface area contributed by atoms with E-state index in [4.69, 9.17) is 4.74 Å². The summed E-state index contributed by atoms with van der Waals surface area (Å²) in [6.07, 6.45) is 0. The molecule has 0 bridgehead atoms. The lowest BCUT2D eigenvalue weighted by Crippen LogP contribution is -2.00. The van der Waals surface area contributed by atoms with Crippen molar-refractivity contribution in [2.75, 3.05) is 6.79 Å². The summed E-state index contributed by atoms with van der Waals surface area (Å²) in [5, 5.41) is 6.19. The van der Waals surface area contributed by atoms with Gasteiger partial charge in [0.05, 0.1) is 16.7 Å². The van der Waals surface area contributed by atoms with E-state index in [1.54, 1.807) is 0 Å². The standard InChI is InChI=1S/C17H12FNO2S/c18-21-11-20-17-10-22-9-16(17)19-14-7-3-1-5-12(14)13-6-2-4-8-15(13)19/h1-10H,11H2. The molecule has 0 aliphatic carbocycles. The van der Waals surface area contributed by atoms with Crippen LogP contribution in [0.5, 0.6) is 5.75 Å². The highest BCUT2D eigenvalue weighted by atomic mass is 32.1. The fourth-order valence-corrected chi connectivity index (χ4v) is 3.55. The van der Waals surface area contributed by atoms with E-state index < -0.39 is 6.79 Å². The minimum Gasteiger partial charge on any atom is -0.461 e. The number of nitrogens with zero attached hydrogens (tertiary/aromatic N) is 1. The van der Waals surface area contributed by atoms with Crippen LogP contribution < -0.4 is 4.74 Å². The zero-order valence-electron chi connectivity index (χ0n) is 11.5. The van der Waals surface area contributed by atoms with Crippen molar-refractivity contribution in [2.24, 2.45) is 0 Å². The Kier molecular flexibility index (Phi) is 3.29. The molecule has 0 amide bonds. The van der Waals surface area contributed by atoms with Gasteiger partial charge in [0.25, 0.3) is 0 Å². The first-order valence-corrected chi connectivity index (χ1v) is 7.75. The van der Waals surface area contributed by atoms with E-state index in [1.807, 2.05) is 35.0 Å². The zero-order chi connectivity index (χ0) is 14.9. The highest BCUT2D eigenvalue weighted by Crippen LogP contribution is 2.36. The third kappa shape index (κ3) is 1.98. The van der Waals surface area contributed by atoms with E-state index >= 15 is 0 Å². The fraction of sp³-hybridized carbons (Fsp3) is 0.0588. The first-order valence-electron chi connectivity index (χ1n) is 6.81. The van der Waals surface area contributed by atoms with Crippen LogP contribution in [0.3, 0.4) is 0 Å². The highest BCUT2D eigenvalue weighted by Gasteiger charge is 2.15. The molecule has 22 heavy (non-hydrogen) atoms. The molecule has 0 aliphatic heterocycles. The summed E-state index contributed by atoms with van der Waals surface area (Å²) in [5.41, 5.74) is 3.07. The van der Waals surface area contributed by atoms with Gasteiger partial charge in [-0.1, -0.05) is 36.4 Å². The number of hydrogen-bond donors (Lipinski definition) is 0. The second-order valence-electron chi connectivity index (χ2n) is 4.86. The molecule has 0 saturated heterocycles. The van der Waals surface area contributed by atoms with Gasteiger partial charge in [-0.2, -0.15) is 4.94 Å². The highest BCUT2D eigenvalue weighted by molar-refractivity contribution is 7.08. The maximum atomic E-state index is 11.9. The van der Waals surface area contributed by atoms with Gasteiger partial charge in [-0.15, -0.1) is 11.3 Å². The Balaban J connectivity index is 2.03. The number of rotatable bonds is 4. The molecule has 4 rings (SSSR count). The Bertz CT molecular complexity index is 891. The number of para-hydroxylation sites is 2. The molecule has 0 radical (unpaired) electrons. The number of ether oxygens (including phenoxy) is 1. The first kappa shape index (κ1) is 13.3. The number of aromatic nitrogens is 1. The Morgan fingerprint density at radius 2 is 1.55 bits per heavy atom. The minimum absolute atomic E-state index is 0.416. The second-order valence-corrected chi connectivity index (χ2v) is 5.61. The number of hydrogen-bond acceptors (Lipinski definition) is 3. The SMILES string of the molecule is FOCOc1cscc1-n1c2ccccc2c2ccccc21. The van der Waals surface area contributed by atoms with Crippen molar-refractivity contribution in [3.05, 3.63) is 59.3 Å². The number of benzene rings is 2. The summed E-state index contributed by atoms with van der Waals surface area (Å²) < 4.78 is 19.4. The minimum atomic E-state index is -0.416. The van der Waals surface area contributed by atoms with Gasteiger partial charge in [-0.25, -0.2) is 0 Å². The van der Waals surface area contributed by atoms with Crippen molar-refractivity contribution in [3.63, 3.8) is 0 Å². The van der Waals surface area contributed by atoms with Crippen LogP contribution in [0.4, 0.5) is 4.53 Å². The molecule has 0 unspecified atom stereocenters. The molecule has 110 valence electrons. The van der Waals surface area contributed by atoms with Crippen molar-refractivity contribution < 1.29 is 14.2 Å². The molecule has 0 fully saturated rings. The van der Waals surface area contributed by atoms with Gasteiger partial charge in [0.2, 0.25) is 6.79 Å². The number of fused-ring (bicyclic) bond motifs is 3. The largest absolute Gasteiger partial charge is 0.461 e. The molecule has 0 aliphatic rings. The van der Waals surface area contributed by atoms with E-state index in [9.17, 15) is 4.53 Å². The van der Waals surface area contributed by atoms with Crippen LogP contribution in [-0.4, -0.2) is 11.4 Å².